The molecule has 36 heavy (non-hydrogen) atoms. The van der Waals surface area contributed by atoms with Crippen LogP contribution in [0.25, 0.3) is 10.8 Å². The van der Waals surface area contributed by atoms with Crippen molar-refractivity contribution in [3.8, 4) is 0 Å². The van der Waals surface area contributed by atoms with Crippen LogP contribution in [0.4, 0.5) is 0 Å². The molecule has 0 N–H and O–H groups in total. The van der Waals surface area contributed by atoms with E-state index in [2.05, 4.69) is 33.8 Å². The molecule has 5 rings (SSSR count). The van der Waals surface area contributed by atoms with Crippen LogP contribution in [-0.2, 0) is 17.9 Å². The number of carbonyl (C=O) groups is 1. The van der Waals surface area contributed by atoms with Crippen LogP contribution in [0.15, 0.2) is 77.9 Å². The molecule has 1 atom stereocenters. The molecular formula is C30H31N3O3. The van der Waals surface area contributed by atoms with Gasteiger partial charge in [-0.2, -0.15) is 0 Å². The summed E-state index contributed by atoms with van der Waals surface area (Å²) in [6.45, 7) is 3.24. The molecule has 1 saturated heterocycles. The van der Waals surface area contributed by atoms with Crippen molar-refractivity contribution in [2.45, 2.75) is 45.4 Å². The Kier molecular flexibility index (Phi) is 6.96. The Hall–Kier alpha value is -3.77. The van der Waals surface area contributed by atoms with E-state index in [1.54, 1.807) is 19.4 Å². The van der Waals surface area contributed by atoms with Crippen molar-refractivity contribution < 1.29 is 9.53 Å². The highest BCUT2D eigenvalue weighted by Gasteiger charge is 2.32. The maximum atomic E-state index is 14.1. The summed E-state index contributed by atoms with van der Waals surface area (Å²) in [7, 11) is 1.60. The van der Waals surface area contributed by atoms with Gasteiger partial charge in [0.1, 0.15) is 5.56 Å². The fraction of sp³-hybridized carbons (Fsp3) is 0.300. The summed E-state index contributed by atoms with van der Waals surface area (Å²) in [6, 6.07) is 19.9. The normalized spacial score (nSPS) is 15.8. The van der Waals surface area contributed by atoms with Crippen LogP contribution >= 0.6 is 0 Å². The van der Waals surface area contributed by atoms with Gasteiger partial charge in [0, 0.05) is 44.4 Å². The fourth-order valence-electron chi connectivity index (χ4n) is 5.40. The Morgan fingerprint density at radius 1 is 1.08 bits per heavy atom. The third kappa shape index (κ3) is 4.56. The minimum atomic E-state index is -0.255. The first-order chi connectivity index (χ1) is 17.6. The van der Waals surface area contributed by atoms with Crippen LogP contribution < -0.4 is 5.43 Å². The molecule has 0 spiro atoms. The predicted molar refractivity (Wildman–Crippen MR) is 141 cm³/mol. The Labute approximate surface area is 211 Å². The molecule has 0 unspecified atom stereocenters. The number of ether oxygens (including phenoxy) is 1. The lowest BCUT2D eigenvalue weighted by molar-refractivity contribution is 0.0603. The Bertz CT molecular complexity index is 1440. The van der Waals surface area contributed by atoms with Crippen LogP contribution in [-0.4, -0.2) is 34.0 Å². The average Bonchev–Trinajstić information content (AvgIpc) is 2.91. The van der Waals surface area contributed by atoms with Gasteiger partial charge in [0.25, 0.3) is 5.91 Å². The number of fused-ring (bicyclic) bond motifs is 1. The number of benzene rings is 2. The second-order valence-corrected chi connectivity index (χ2v) is 9.43. The van der Waals surface area contributed by atoms with E-state index >= 15 is 0 Å². The van der Waals surface area contributed by atoms with E-state index in [0.29, 0.717) is 18.8 Å². The number of hydrogen-bond acceptors (Lipinski definition) is 4. The largest absolute Gasteiger partial charge is 0.378 e. The van der Waals surface area contributed by atoms with Gasteiger partial charge >= 0.3 is 0 Å². The Morgan fingerprint density at radius 2 is 1.92 bits per heavy atom. The smallest absolute Gasteiger partial charge is 0.260 e. The summed E-state index contributed by atoms with van der Waals surface area (Å²) in [5.41, 5.74) is 3.51. The number of likely N-dealkylation sites (tertiary alicyclic amines) is 1. The molecule has 0 bridgehead atoms. The number of carbonyl (C=O) groups excluding carboxylic acids is 1. The molecule has 0 aliphatic carbocycles. The zero-order valence-electron chi connectivity index (χ0n) is 20.8. The van der Waals surface area contributed by atoms with Crippen LogP contribution in [0.3, 0.4) is 0 Å². The Balaban J connectivity index is 1.60. The quantitative estimate of drug-likeness (QED) is 0.377. The van der Waals surface area contributed by atoms with E-state index in [0.717, 1.165) is 46.9 Å². The van der Waals surface area contributed by atoms with Gasteiger partial charge in [0.15, 0.2) is 5.43 Å². The minimum absolute atomic E-state index is 0.0948. The lowest BCUT2D eigenvalue weighted by Crippen LogP contribution is -2.42. The van der Waals surface area contributed by atoms with E-state index in [9.17, 15) is 9.59 Å². The number of aromatic nitrogens is 2. The summed E-state index contributed by atoms with van der Waals surface area (Å²) in [6.07, 6.45) is 6.36. The molecule has 2 aromatic heterocycles. The average molecular weight is 482 g/mol. The summed E-state index contributed by atoms with van der Waals surface area (Å²) >= 11 is 0. The van der Waals surface area contributed by atoms with E-state index in [1.165, 1.54) is 0 Å². The molecule has 0 saturated carbocycles. The third-order valence-electron chi connectivity index (χ3n) is 7.16. The highest BCUT2D eigenvalue weighted by molar-refractivity contribution is 5.95. The topological polar surface area (TPSA) is 64.4 Å². The molecule has 1 aliphatic rings. The first-order valence-corrected chi connectivity index (χ1v) is 12.5. The molecule has 1 fully saturated rings. The van der Waals surface area contributed by atoms with Gasteiger partial charge in [-0.25, -0.2) is 0 Å². The molecular weight excluding hydrogens is 450 g/mol. The zero-order valence-corrected chi connectivity index (χ0v) is 20.8. The zero-order chi connectivity index (χ0) is 25.1. The fourth-order valence-corrected chi connectivity index (χ4v) is 5.40. The first-order valence-electron chi connectivity index (χ1n) is 12.5. The number of piperidine rings is 1. The van der Waals surface area contributed by atoms with Crippen molar-refractivity contribution in [2.75, 3.05) is 13.7 Å². The van der Waals surface area contributed by atoms with Gasteiger partial charge < -0.3 is 14.2 Å². The van der Waals surface area contributed by atoms with Gasteiger partial charge in [0.05, 0.1) is 18.3 Å². The molecule has 3 heterocycles. The summed E-state index contributed by atoms with van der Waals surface area (Å²) in [4.78, 5) is 33.5. The van der Waals surface area contributed by atoms with Gasteiger partial charge in [0.2, 0.25) is 0 Å². The molecule has 6 nitrogen and oxygen atoms in total. The van der Waals surface area contributed by atoms with Crippen LogP contribution in [0.5, 0.6) is 0 Å². The highest BCUT2D eigenvalue weighted by atomic mass is 16.5. The first kappa shape index (κ1) is 23.9. The number of methoxy groups -OCH3 is 1. The van der Waals surface area contributed by atoms with Crippen LogP contribution in [0, 0.1) is 6.92 Å². The summed E-state index contributed by atoms with van der Waals surface area (Å²) in [5, 5.41) is 2.31. The molecule has 0 radical (unpaired) electrons. The Morgan fingerprint density at radius 3 is 2.72 bits per heavy atom. The molecule has 6 heteroatoms. The van der Waals surface area contributed by atoms with Crippen molar-refractivity contribution in [1.82, 2.24) is 14.5 Å². The van der Waals surface area contributed by atoms with Gasteiger partial charge in [-0.1, -0.05) is 48.5 Å². The summed E-state index contributed by atoms with van der Waals surface area (Å²) in [5.74, 6) is -0.229. The predicted octanol–water partition coefficient (Wildman–Crippen LogP) is 5.27. The minimum Gasteiger partial charge on any atom is -0.378 e. The monoisotopic (exact) mass is 481 g/mol. The second-order valence-electron chi connectivity index (χ2n) is 9.43. The second kappa shape index (κ2) is 10.5. The van der Waals surface area contributed by atoms with Crippen molar-refractivity contribution in [3.63, 3.8) is 0 Å². The number of nitrogens with zero attached hydrogens (tertiary/aromatic N) is 3. The van der Waals surface area contributed by atoms with Crippen molar-refractivity contribution in [2.24, 2.45) is 0 Å². The SMILES string of the molecule is COCc1c(C(=O)N2CCCC[C@@H]2c2cccnc2)c(=O)cc(C)n1Cc1cccc2ccccc12. The molecule has 184 valence electrons. The maximum absolute atomic E-state index is 14.1. The standard InChI is InChI=1S/C30H31N3O3/c1-21-17-28(34)29(30(35)32-16-6-5-14-26(32)23-12-8-15-31-18-23)27(20-36-2)33(21)19-24-11-7-10-22-9-3-4-13-25(22)24/h3-4,7-13,15,17-18,26H,5-6,14,16,19-20H2,1-2H3/t26-/m1/s1. The van der Waals surface area contributed by atoms with Crippen LogP contribution in [0.2, 0.25) is 0 Å². The van der Waals surface area contributed by atoms with Crippen LogP contribution in [0.1, 0.15) is 58.2 Å². The number of hydrogen-bond donors (Lipinski definition) is 0. The third-order valence-corrected chi connectivity index (χ3v) is 7.16. The number of amides is 1. The van der Waals surface area contributed by atoms with Gasteiger partial charge in [-0.3, -0.25) is 14.6 Å². The van der Waals surface area contributed by atoms with Crippen molar-refractivity contribution in [3.05, 3.63) is 111 Å². The lowest BCUT2D eigenvalue weighted by atomic mass is 9.95. The number of rotatable bonds is 6. The van der Waals surface area contributed by atoms with E-state index in [-0.39, 0.29) is 29.5 Å². The van der Waals surface area contributed by atoms with E-state index < -0.39 is 0 Å². The number of aryl methyl sites for hydroxylation is 1. The molecule has 1 amide bonds. The van der Waals surface area contributed by atoms with Gasteiger partial charge in [-0.15, -0.1) is 0 Å². The van der Waals surface area contributed by atoms with Crippen molar-refractivity contribution in [1.29, 1.82) is 0 Å². The van der Waals surface area contributed by atoms with E-state index in [4.69, 9.17) is 4.74 Å². The molecule has 2 aromatic carbocycles. The molecule has 4 aromatic rings. The summed E-state index contributed by atoms with van der Waals surface area (Å²) < 4.78 is 7.61. The lowest BCUT2D eigenvalue weighted by Gasteiger charge is -2.36. The number of pyridine rings is 2. The molecule has 1 aliphatic heterocycles. The van der Waals surface area contributed by atoms with Gasteiger partial charge in [-0.05, 0) is 54.2 Å². The maximum Gasteiger partial charge on any atom is 0.260 e. The van der Waals surface area contributed by atoms with E-state index in [1.807, 2.05) is 48.4 Å². The highest BCUT2D eigenvalue weighted by Crippen LogP contribution is 2.32. The van der Waals surface area contributed by atoms with Crippen molar-refractivity contribution >= 4 is 16.7 Å².